The number of carbonyl (C=O) groups excluding carboxylic acids is 1. The maximum Gasteiger partial charge on any atom is 0.239 e. The third-order valence-electron chi connectivity index (χ3n) is 3.98. The smallest absolute Gasteiger partial charge is 0.239 e. The summed E-state index contributed by atoms with van der Waals surface area (Å²) in [6, 6.07) is 9.24. The van der Waals surface area contributed by atoms with E-state index in [9.17, 15) is 4.79 Å². The first kappa shape index (κ1) is 15.7. The maximum atomic E-state index is 11.9. The van der Waals surface area contributed by atoms with Crippen LogP contribution in [0.2, 0.25) is 5.15 Å². The molecule has 1 fully saturated rings. The molecule has 6 nitrogen and oxygen atoms in total. The van der Waals surface area contributed by atoms with Crippen molar-refractivity contribution >= 4 is 23.3 Å². The Balaban J connectivity index is 1.71. The maximum absolute atomic E-state index is 11.9. The molecule has 2 N–H and O–H groups in total. The molecule has 0 radical (unpaired) electrons. The minimum atomic E-state index is -0.399. The predicted octanol–water partition coefficient (Wildman–Crippen LogP) is 1.48. The largest absolute Gasteiger partial charge is 0.368 e. The highest BCUT2D eigenvalue weighted by atomic mass is 35.5. The number of primary amides is 1. The van der Waals surface area contributed by atoms with E-state index in [1.165, 1.54) is 6.20 Å². The van der Waals surface area contributed by atoms with Crippen LogP contribution in [0.1, 0.15) is 11.6 Å². The minimum absolute atomic E-state index is 0.327. The van der Waals surface area contributed by atoms with Crippen LogP contribution in [-0.2, 0) is 4.79 Å². The number of hydrogen-bond acceptors (Lipinski definition) is 5. The van der Waals surface area contributed by atoms with Gasteiger partial charge >= 0.3 is 0 Å². The van der Waals surface area contributed by atoms with Gasteiger partial charge < -0.3 is 10.6 Å². The van der Waals surface area contributed by atoms with E-state index in [2.05, 4.69) is 19.8 Å². The van der Waals surface area contributed by atoms with Gasteiger partial charge in [0, 0.05) is 26.2 Å². The van der Waals surface area contributed by atoms with Crippen molar-refractivity contribution in [3.8, 4) is 0 Å². The zero-order valence-electron chi connectivity index (χ0n) is 12.6. The summed E-state index contributed by atoms with van der Waals surface area (Å²) in [7, 11) is 0. The number of rotatable bonds is 4. The van der Waals surface area contributed by atoms with E-state index in [1.54, 1.807) is 6.20 Å². The number of nitrogens with two attached hydrogens (primary N) is 1. The molecule has 0 bridgehead atoms. The van der Waals surface area contributed by atoms with E-state index in [4.69, 9.17) is 17.3 Å². The van der Waals surface area contributed by atoms with Crippen molar-refractivity contribution in [3.63, 3.8) is 0 Å². The summed E-state index contributed by atoms with van der Waals surface area (Å²) in [5.74, 6) is 0.430. The molecular weight excluding hydrogens is 314 g/mol. The van der Waals surface area contributed by atoms with Crippen molar-refractivity contribution in [2.24, 2.45) is 5.73 Å². The first-order valence-corrected chi connectivity index (χ1v) is 7.84. The third-order valence-corrected chi connectivity index (χ3v) is 4.16. The molecule has 3 rings (SSSR count). The Labute approximate surface area is 139 Å². The van der Waals surface area contributed by atoms with Gasteiger partial charge in [0.25, 0.3) is 0 Å². The Kier molecular flexibility index (Phi) is 4.73. The molecule has 0 saturated carbocycles. The van der Waals surface area contributed by atoms with E-state index < -0.39 is 6.04 Å². The van der Waals surface area contributed by atoms with Crippen molar-refractivity contribution in [1.29, 1.82) is 0 Å². The molecule has 2 aromatic rings. The topological polar surface area (TPSA) is 75.4 Å². The fourth-order valence-corrected chi connectivity index (χ4v) is 3.03. The number of piperazine rings is 1. The average Bonchev–Trinajstić information content (AvgIpc) is 2.56. The number of anilines is 1. The second-order valence-corrected chi connectivity index (χ2v) is 5.83. The molecule has 1 unspecified atom stereocenters. The van der Waals surface area contributed by atoms with Crippen LogP contribution in [0.3, 0.4) is 0 Å². The number of benzene rings is 1. The molecule has 7 heteroatoms. The van der Waals surface area contributed by atoms with Gasteiger partial charge in [-0.05, 0) is 5.56 Å². The summed E-state index contributed by atoms with van der Waals surface area (Å²) >= 11 is 5.89. The molecule has 1 atom stereocenters. The van der Waals surface area contributed by atoms with Crippen LogP contribution in [0.5, 0.6) is 0 Å². The van der Waals surface area contributed by atoms with Crippen LogP contribution in [-0.4, -0.2) is 47.0 Å². The second-order valence-electron chi connectivity index (χ2n) is 5.44. The number of nitrogens with zero attached hydrogens (tertiary/aromatic N) is 4. The van der Waals surface area contributed by atoms with Gasteiger partial charge in [-0.2, -0.15) is 0 Å². The summed E-state index contributed by atoms with van der Waals surface area (Å²) in [6.45, 7) is 2.92. The molecule has 1 aliphatic heterocycles. The first-order valence-electron chi connectivity index (χ1n) is 7.46. The summed E-state index contributed by atoms with van der Waals surface area (Å²) in [5.41, 5.74) is 6.56. The third kappa shape index (κ3) is 3.60. The zero-order chi connectivity index (χ0) is 16.2. The lowest BCUT2D eigenvalue weighted by molar-refractivity contribution is -0.123. The van der Waals surface area contributed by atoms with Gasteiger partial charge in [0.2, 0.25) is 5.91 Å². The molecular formula is C16H18ClN5O. The van der Waals surface area contributed by atoms with Crippen LogP contribution in [0.25, 0.3) is 0 Å². The van der Waals surface area contributed by atoms with Gasteiger partial charge in [-0.25, -0.2) is 4.98 Å². The van der Waals surface area contributed by atoms with Crippen molar-refractivity contribution < 1.29 is 4.79 Å². The van der Waals surface area contributed by atoms with Gasteiger partial charge in [0.1, 0.15) is 17.0 Å². The molecule has 1 aromatic carbocycles. The fourth-order valence-electron chi connectivity index (χ4n) is 2.88. The van der Waals surface area contributed by atoms with E-state index in [0.29, 0.717) is 5.15 Å². The van der Waals surface area contributed by atoms with Crippen LogP contribution in [0, 0.1) is 0 Å². The number of amides is 1. The molecule has 1 aliphatic rings. The lowest BCUT2D eigenvalue weighted by atomic mass is 10.0. The molecule has 23 heavy (non-hydrogen) atoms. The highest BCUT2D eigenvalue weighted by Gasteiger charge is 2.29. The zero-order valence-corrected chi connectivity index (χ0v) is 13.4. The van der Waals surface area contributed by atoms with Crippen molar-refractivity contribution in [1.82, 2.24) is 14.9 Å². The summed E-state index contributed by atoms with van der Waals surface area (Å²) in [4.78, 5) is 24.5. The van der Waals surface area contributed by atoms with Gasteiger partial charge in [0.05, 0.1) is 12.4 Å². The molecule has 0 aliphatic carbocycles. The average molecular weight is 332 g/mol. The Bertz CT molecular complexity index is 673. The normalized spacial score (nSPS) is 17.0. The van der Waals surface area contributed by atoms with Crippen molar-refractivity contribution in [2.45, 2.75) is 6.04 Å². The number of carbonyl (C=O) groups is 1. The number of hydrogen-bond donors (Lipinski definition) is 1. The molecule has 120 valence electrons. The Morgan fingerprint density at radius 3 is 2.43 bits per heavy atom. The standard InChI is InChI=1S/C16H18ClN5O/c17-13-10-19-11-14(20-13)21-6-8-22(9-7-21)15(16(18)23)12-4-2-1-3-5-12/h1-5,10-11,15H,6-9H2,(H2,18,23). The van der Waals surface area contributed by atoms with E-state index in [1.807, 2.05) is 30.3 Å². The van der Waals surface area contributed by atoms with Crippen LogP contribution in [0.15, 0.2) is 42.7 Å². The van der Waals surface area contributed by atoms with Gasteiger partial charge in [-0.3, -0.25) is 14.7 Å². The lowest BCUT2D eigenvalue weighted by Gasteiger charge is -2.38. The molecule has 1 aromatic heterocycles. The minimum Gasteiger partial charge on any atom is -0.368 e. The fraction of sp³-hybridized carbons (Fsp3) is 0.312. The van der Waals surface area contributed by atoms with Gasteiger partial charge in [-0.15, -0.1) is 0 Å². The second kappa shape index (κ2) is 6.93. The summed E-state index contributed by atoms with van der Waals surface area (Å²) in [6.07, 6.45) is 3.21. The number of halogens is 1. The molecule has 0 spiro atoms. The summed E-state index contributed by atoms with van der Waals surface area (Å²) < 4.78 is 0. The predicted molar refractivity (Wildman–Crippen MR) is 89.2 cm³/mol. The van der Waals surface area contributed by atoms with Crippen LogP contribution < -0.4 is 10.6 Å². The van der Waals surface area contributed by atoms with E-state index >= 15 is 0 Å². The molecule has 1 amide bonds. The Morgan fingerprint density at radius 2 is 1.83 bits per heavy atom. The molecule has 2 heterocycles. The molecule has 1 saturated heterocycles. The quantitative estimate of drug-likeness (QED) is 0.918. The highest BCUT2D eigenvalue weighted by Crippen LogP contribution is 2.23. The van der Waals surface area contributed by atoms with Crippen LogP contribution >= 0.6 is 11.6 Å². The van der Waals surface area contributed by atoms with E-state index in [0.717, 1.165) is 37.6 Å². The first-order chi connectivity index (χ1) is 11.1. The van der Waals surface area contributed by atoms with E-state index in [-0.39, 0.29) is 5.91 Å². The summed E-state index contributed by atoms with van der Waals surface area (Å²) in [5, 5.41) is 0.379. The van der Waals surface area contributed by atoms with Crippen LogP contribution in [0.4, 0.5) is 5.82 Å². The van der Waals surface area contributed by atoms with Gasteiger partial charge in [0.15, 0.2) is 0 Å². The Hall–Kier alpha value is -2.18. The number of aromatic nitrogens is 2. The highest BCUT2D eigenvalue weighted by molar-refractivity contribution is 6.29. The lowest BCUT2D eigenvalue weighted by Crippen LogP contribution is -2.50. The van der Waals surface area contributed by atoms with Crippen molar-refractivity contribution in [2.75, 3.05) is 31.1 Å². The van der Waals surface area contributed by atoms with Gasteiger partial charge in [-0.1, -0.05) is 41.9 Å². The Morgan fingerprint density at radius 1 is 1.13 bits per heavy atom. The SMILES string of the molecule is NC(=O)C(c1ccccc1)N1CCN(c2cncc(Cl)n2)CC1. The van der Waals surface area contributed by atoms with Crippen molar-refractivity contribution in [3.05, 3.63) is 53.4 Å². The monoisotopic (exact) mass is 331 g/mol.